The number of hydrogen-bond acceptors (Lipinski definition) is 5. The van der Waals surface area contributed by atoms with Gasteiger partial charge in [-0.15, -0.1) is 24.2 Å². The van der Waals surface area contributed by atoms with Crippen molar-refractivity contribution in [3.05, 3.63) is 17.7 Å². The Hall–Kier alpha value is -1.11. The predicted molar refractivity (Wildman–Crippen MR) is 105 cm³/mol. The van der Waals surface area contributed by atoms with E-state index in [1.54, 1.807) is 26.0 Å². The van der Waals surface area contributed by atoms with Crippen LogP contribution in [0, 0.1) is 5.92 Å². The number of thioether (sulfide) groups is 1. The lowest BCUT2D eigenvalue weighted by atomic mass is 9.92. The van der Waals surface area contributed by atoms with Crippen molar-refractivity contribution in [2.45, 2.75) is 37.2 Å². The summed E-state index contributed by atoms with van der Waals surface area (Å²) in [5.74, 6) is 1.75. The van der Waals surface area contributed by atoms with Gasteiger partial charge in [0.25, 0.3) is 0 Å². The maximum Gasteiger partial charge on any atom is 0.225 e. The van der Waals surface area contributed by atoms with Crippen molar-refractivity contribution in [2.24, 2.45) is 5.92 Å². The molecular formula is C18H29ClN2O3S. The lowest BCUT2D eigenvalue weighted by Gasteiger charge is -2.30. The molecule has 2 rings (SSSR count). The normalized spacial score (nSPS) is 19.7. The third-order valence-electron chi connectivity index (χ3n) is 4.54. The molecule has 1 heterocycles. The van der Waals surface area contributed by atoms with Crippen LogP contribution in [0.4, 0.5) is 0 Å². The molecule has 1 fully saturated rings. The van der Waals surface area contributed by atoms with E-state index >= 15 is 0 Å². The third-order valence-corrected chi connectivity index (χ3v) is 5.36. The Morgan fingerprint density at radius 3 is 2.52 bits per heavy atom. The second-order valence-corrected chi connectivity index (χ2v) is 7.14. The highest BCUT2D eigenvalue weighted by Gasteiger charge is 2.27. The quantitative estimate of drug-likeness (QED) is 0.758. The molecular weight excluding hydrogens is 360 g/mol. The van der Waals surface area contributed by atoms with Gasteiger partial charge in [0, 0.05) is 30.4 Å². The molecule has 2 atom stereocenters. The van der Waals surface area contributed by atoms with E-state index in [2.05, 4.69) is 12.2 Å². The molecule has 5 nitrogen and oxygen atoms in total. The lowest BCUT2D eigenvalue weighted by molar-refractivity contribution is -0.135. The Morgan fingerprint density at radius 1 is 1.32 bits per heavy atom. The summed E-state index contributed by atoms with van der Waals surface area (Å²) in [6.07, 6.45) is 3.85. The van der Waals surface area contributed by atoms with Gasteiger partial charge in [0.1, 0.15) is 0 Å². The van der Waals surface area contributed by atoms with Gasteiger partial charge in [-0.3, -0.25) is 4.79 Å². The van der Waals surface area contributed by atoms with Crippen molar-refractivity contribution in [3.63, 3.8) is 0 Å². The molecule has 25 heavy (non-hydrogen) atoms. The van der Waals surface area contributed by atoms with Gasteiger partial charge in [0.2, 0.25) is 5.91 Å². The molecule has 7 heteroatoms. The number of methoxy groups -OCH3 is 2. The summed E-state index contributed by atoms with van der Waals surface area (Å²) in [4.78, 5) is 15.7. The van der Waals surface area contributed by atoms with Crippen molar-refractivity contribution in [3.8, 4) is 11.5 Å². The summed E-state index contributed by atoms with van der Waals surface area (Å²) in [5.41, 5.74) is 1.08. The van der Waals surface area contributed by atoms with Crippen LogP contribution in [0.5, 0.6) is 11.5 Å². The summed E-state index contributed by atoms with van der Waals surface area (Å²) < 4.78 is 10.8. The Morgan fingerprint density at radius 2 is 1.96 bits per heavy atom. The van der Waals surface area contributed by atoms with Crippen molar-refractivity contribution < 1.29 is 14.3 Å². The molecule has 1 amide bonds. The van der Waals surface area contributed by atoms with Crippen LogP contribution < -0.4 is 14.8 Å². The maximum atomic E-state index is 12.8. The van der Waals surface area contributed by atoms with Crippen LogP contribution in [0.25, 0.3) is 0 Å². The Labute approximate surface area is 161 Å². The maximum absolute atomic E-state index is 12.8. The molecule has 0 aromatic heterocycles. The van der Waals surface area contributed by atoms with Crippen LogP contribution in [0.1, 0.15) is 25.3 Å². The van der Waals surface area contributed by atoms with Gasteiger partial charge in [-0.05, 0) is 50.3 Å². The van der Waals surface area contributed by atoms with Gasteiger partial charge in [-0.2, -0.15) is 0 Å². The first-order chi connectivity index (χ1) is 11.5. The minimum Gasteiger partial charge on any atom is -0.493 e. The number of benzene rings is 1. The van der Waals surface area contributed by atoms with Crippen LogP contribution in [-0.2, 0) is 11.3 Å². The van der Waals surface area contributed by atoms with Crippen molar-refractivity contribution in [1.29, 1.82) is 0 Å². The fraction of sp³-hybridized carbons (Fsp3) is 0.611. The highest BCUT2D eigenvalue weighted by molar-refractivity contribution is 7.98. The van der Waals surface area contributed by atoms with E-state index in [0.29, 0.717) is 24.1 Å². The van der Waals surface area contributed by atoms with E-state index in [1.165, 1.54) is 0 Å². The van der Waals surface area contributed by atoms with Crippen molar-refractivity contribution in [1.82, 2.24) is 10.2 Å². The van der Waals surface area contributed by atoms with Gasteiger partial charge >= 0.3 is 0 Å². The zero-order chi connectivity index (χ0) is 17.7. The summed E-state index contributed by atoms with van der Waals surface area (Å²) in [5, 5.41) is 3.40. The molecule has 0 bridgehead atoms. The van der Waals surface area contributed by atoms with E-state index in [1.807, 2.05) is 30.3 Å². The number of nitrogens with one attached hydrogen (secondary N) is 1. The Balaban J connectivity index is 0.00000312. The van der Waals surface area contributed by atoms with Crippen LogP contribution >= 0.6 is 24.2 Å². The number of carbonyl (C=O) groups is 1. The number of amides is 1. The van der Waals surface area contributed by atoms with Gasteiger partial charge in [-0.25, -0.2) is 0 Å². The van der Waals surface area contributed by atoms with Gasteiger partial charge in [-0.1, -0.05) is 0 Å². The molecule has 142 valence electrons. The fourth-order valence-corrected chi connectivity index (χ4v) is 3.83. The Kier molecular flexibility index (Phi) is 8.89. The number of ether oxygens (including phenoxy) is 2. The van der Waals surface area contributed by atoms with E-state index in [-0.39, 0.29) is 24.2 Å². The molecule has 0 spiro atoms. The first-order valence-corrected chi connectivity index (χ1v) is 9.49. The molecule has 1 saturated heterocycles. The fourth-order valence-electron chi connectivity index (χ4n) is 3.22. The topological polar surface area (TPSA) is 50.8 Å². The lowest BCUT2D eigenvalue weighted by Crippen LogP contribution is -2.42. The zero-order valence-corrected chi connectivity index (χ0v) is 17.3. The largest absolute Gasteiger partial charge is 0.493 e. The SMILES string of the molecule is COc1cc(CN(C)C(=O)[C@H]2CCN[C@@H](C)C2)c(SC)cc1OC.Cl. The second kappa shape index (κ2) is 10.1. The average Bonchev–Trinajstić information content (AvgIpc) is 2.60. The second-order valence-electron chi connectivity index (χ2n) is 6.29. The number of piperidine rings is 1. The van der Waals surface area contributed by atoms with Gasteiger partial charge < -0.3 is 19.7 Å². The summed E-state index contributed by atoms with van der Waals surface area (Å²) in [6.45, 7) is 3.63. The molecule has 0 aliphatic carbocycles. The summed E-state index contributed by atoms with van der Waals surface area (Å²) >= 11 is 1.65. The molecule has 0 saturated carbocycles. The van der Waals surface area contributed by atoms with Crippen molar-refractivity contribution >= 4 is 30.1 Å². The van der Waals surface area contributed by atoms with Crippen molar-refractivity contribution in [2.75, 3.05) is 34.1 Å². The number of rotatable bonds is 6. The zero-order valence-electron chi connectivity index (χ0n) is 15.6. The van der Waals surface area contributed by atoms with Crippen LogP contribution in [0.2, 0.25) is 0 Å². The summed E-state index contributed by atoms with van der Waals surface area (Å²) in [6, 6.07) is 4.35. The summed E-state index contributed by atoms with van der Waals surface area (Å²) in [7, 11) is 5.15. The minimum atomic E-state index is 0. The number of hydrogen-bond donors (Lipinski definition) is 1. The first kappa shape index (κ1) is 21.9. The molecule has 1 aromatic carbocycles. The predicted octanol–water partition coefficient (Wildman–Crippen LogP) is 3.19. The minimum absolute atomic E-state index is 0. The van der Waals surface area contributed by atoms with E-state index in [0.717, 1.165) is 29.8 Å². The van der Waals surface area contributed by atoms with Crippen LogP contribution in [0.15, 0.2) is 17.0 Å². The Bertz CT molecular complexity index is 586. The molecule has 1 aliphatic heterocycles. The highest BCUT2D eigenvalue weighted by atomic mass is 35.5. The van der Waals surface area contributed by atoms with E-state index in [9.17, 15) is 4.79 Å². The number of nitrogens with zero attached hydrogens (tertiary/aromatic N) is 1. The smallest absolute Gasteiger partial charge is 0.225 e. The van der Waals surface area contributed by atoms with Gasteiger partial charge in [0.15, 0.2) is 11.5 Å². The monoisotopic (exact) mass is 388 g/mol. The number of halogens is 1. The van der Waals surface area contributed by atoms with E-state index < -0.39 is 0 Å². The average molecular weight is 389 g/mol. The molecule has 0 unspecified atom stereocenters. The van der Waals surface area contributed by atoms with Crippen LogP contribution in [-0.4, -0.2) is 50.9 Å². The molecule has 0 radical (unpaired) electrons. The van der Waals surface area contributed by atoms with Gasteiger partial charge in [0.05, 0.1) is 14.2 Å². The molecule has 1 aromatic rings. The molecule has 1 N–H and O–H groups in total. The highest BCUT2D eigenvalue weighted by Crippen LogP contribution is 2.35. The number of carbonyl (C=O) groups excluding carboxylic acids is 1. The first-order valence-electron chi connectivity index (χ1n) is 8.27. The molecule has 1 aliphatic rings. The standard InChI is InChI=1S/C18H28N2O3S.ClH/c1-12-8-13(6-7-19-12)18(21)20(2)11-14-9-15(22-3)16(23-4)10-17(14)24-5;/h9-10,12-13,19H,6-8,11H2,1-5H3;1H/t12-,13-;/m0./s1. The van der Waals surface area contributed by atoms with E-state index in [4.69, 9.17) is 9.47 Å². The third kappa shape index (κ3) is 5.43. The van der Waals surface area contributed by atoms with Crippen LogP contribution in [0.3, 0.4) is 0 Å².